The summed E-state index contributed by atoms with van der Waals surface area (Å²) in [5, 5.41) is 121. The first-order valence-corrected chi connectivity index (χ1v) is 41.7. The summed E-state index contributed by atoms with van der Waals surface area (Å²) >= 11 is 0. The van der Waals surface area contributed by atoms with Crippen molar-refractivity contribution in [3.8, 4) is 0 Å². The molecule has 19 heteroatoms. The van der Waals surface area contributed by atoms with E-state index >= 15 is 0 Å². The van der Waals surface area contributed by atoms with E-state index in [-0.39, 0.29) is 18.9 Å². The number of unbranched alkanes of at least 4 members (excludes halogenated alkanes) is 47. The maximum Gasteiger partial charge on any atom is 0.220 e. The first-order valence-electron chi connectivity index (χ1n) is 41.7. The molecule has 3 saturated heterocycles. The minimum Gasteiger partial charge on any atom is -0.394 e. The Kier molecular flexibility index (Phi) is 58.1. The molecule has 3 fully saturated rings. The molecular formula is C82H153NO18. The maximum absolute atomic E-state index is 13.5. The Hall–Kier alpha value is -1.99. The van der Waals surface area contributed by atoms with Gasteiger partial charge in [0.25, 0.3) is 0 Å². The smallest absolute Gasteiger partial charge is 0.220 e. The van der Waals surface area contributed by atoms with Crippen LogP contribution in [-0.4, -0.2) is 193 Å². The molecule has 3 aliphatic rings. The lowest BCUT2D eigenvalue weighted by molar-refractivity contribution is -0.379. The Morgan fingerprint density at radius 1 is 0.347 bits per heavy atom. The van der Waals surface area contributed by atoms with E-state index in [2.05, 4.69) is 43.5 Å². The highest BCUT2D eigenvalue weighted by atomic mass is 16.8. The lowest BCUT2D eigenvalue weighted by Crippen LogP contribution is -2.66. The molecule has 0 spiro atoms. The van der Waals surface area contributed by atoms with E-state index < -0.39 is 124 Å². The van der Waals surface area contributed by atoms with Gasteiger partial charge in [-0.05, 0) is 44.9 Å². The fourth-order valence-corrected chi connectivity index (χ4v) is 14.2. The van der Waals surface area contributed by atoms with Crippen LogP contribution in [-0.2, 0) is 33.2 Å². The van der Waals surface area contributed by atoms with Crippen molar-refractivity contribution in [2.75, 3.05) is 26.4 Å². The van der Waals surface area contributed by atoms with Crippen LogP contribution in [0.15, 0.2) is 36.5 Å². The van der Waals surface area contributed by atoms with Crippen molar-refractivity contribution in [1.29, 1.82) is 0 Å². The highest BCUT2D eigenvalue weighted by molar-refractivity contribution is 5.76. The molecule has 17 unspecified atom stereocenters. The summed E-state index contributed by atoms with van der Waals surface area (Å²) in [5.41, 5.74) is 0. The van der Waals surface area contributed by atoms with Crippen molar-refractivity contribution in [2.45, 2.75) is 452 Å². The lowest BCUT2D eigenvalue weighted by Gasteiger charge is -2.48. The third kappa shape index (κ3) is 43.0. The second-order valence-electron chi connectivity index (χ2n) is 29.9. The zero-order valence-electron chi connectivity index (χ0n) is 63.7. The summed E-state index contributed by atoms with van der Waals surface area (Å²) in [4.78, 5) is 13.5. The molecule has 0 saturated carbocycles. The van der Waals surface area contributed by atoms with Crippen LogP contribution >= 0.6 is 0 Å². The van der Waals surface area contributed by atoms with Gasteiger partial charge in [0.1, 0.15) is 73.2 Å². The minimum atomic E-state index is -1.98. The van der Waals surface area contributed by atoms with Gasteiger partial charge in [-0.3, -0.25) is 4.79 Å². The summed E-state index contributed by atoms with van der Waals surface area (Å²) in [6.45, 7) is 1.77. The molecule has 0 aromatic heterocycles. The predicted octanol–water partition coefficient (Wildman–Crippen LogP) is 14.3. The van der Waals surface area contributed by atoms with E-state index in [1.165, 1.54) is 270 Å². The largest absolute Gasteiger partial charge is 0.394 e. The molecule has 0 radical (unpaired) electrons. The van der Waals surface area contributed by atoms with Gasteiger partial charge in [0.05, 0.1) is 38.6 Å². The normalized spacial score (nSPS) is 26.4. The molecule has 17 atom stereocenters. The number of carbonyl (C=O) groups is 1. The summed E-state index contributed by atoms with van der Waals surface area (Å²) in [7, 11) is 0. The van der Waals surface area contributed by atoms with E-state index in [0.717, 1.165) is 44.9 Å². The summed E-state index contributed by atoms with van der Waals surface area (Å²) in [5.74, 6) is -0.282. The summed E-state index contributed by atoms with van der Waals surface area (Å²) in [6, 6.07) is -0.996. The Morgan fingerprint density at radius 2 is 0.634 bits per heavy atom. The molecule has 3 rings (SSSR count). The molecule has 0 aliphatic carbocycles. The van der Waals surface area contributed by atoms with Crippen molar-refractivity contribution in [3.05, 3.63) is 36.5 Å². The number of aliphatic hydroxyl groups is 11. The van der Waals surface area contributed by atoms with E-state index in [1.54, 1.807) is 6.08 Å². The van der Waals surface area contributed by atoms with Crippen LogP contribution in [0, 0.1) is 0 Å². The van der Waals surface area contributed by atoms with Crippen molar-refractivity contribution >= 4 is 5.91 Å². The predicted molar refractivity (Wildman–Crippen MR) is 402 cm³/mol. The van der Waals surface area contributed by atoms with Crippen LogP contribution in [0.1, 0.15) is 348 Å². The van der Waals surface area contributed by atoms with Gasteiger partial charge >= 0.3 is 0 Å². The molecule has 594 valence electrons. The Bertz CT molecular complexity index is 1960. The summed E-state index contributed by atoms with van der Waals surface area (Å²) in [6.07, 6.45) is 51.5. The second kappa shape index (κ2) is 63.0. The van der Waals surface area contributed by atoms with Crippen molar-refractivity contribution < 1.29 is 89.4 Å². The van der Waals surface area contributed by atoms with Gasteiger partial charge in [0.15, 0.2) is 18.9 Å². The third-order valence-corrected chi connectivity index (χ3v) is 20.9. The number of rotatable bonds is 67. The number of carbonyl (C=O) groups excluding carboxylic acids is 1. The molecule has 0 bridgehead atoms. The van der Waals surface area contributed by atoms with Gasteiger partial charge in [0.2, 0.25) is 5.91 Å². The fourth-order valence-electron chi connectivity index (χ4n) is 14.2. The topological polar surface area (TPSA) is 307 Å². The Labute approximate surface area is 612 Å². The van der Waals surface area contributed by atoms with E-state index in [9.17, 15) is 61.0 Å². The number of amides is 1. The molecule has 3 aliphatic heterocycles. The zero-order chi connectivity index (χ0) is 73.2. The van der Waals surface area contributed by atoms with E-state index in [1.807, 2.05) is 6.08 Å². The first-order chi connectivity index (χ1) is 49.3. The van der Waals surface area contributed by atoms with Crippen LogP contribution in [0.5, 0.6) is 0 Å². The zero-order valence-corrected chi connectivity index (χ0v) is 63.7. The molecular weight excluding hydrogens is 1290 g/mol. The number of hydrogen-bond acceptors (Lipinski definition) is 18. The molecule has 0 aromatic carbocycles. The molecule has 0 aromatic rings. The Balaban J connectivity index is 1.36. The number of hydrogen-bond donors (Lipinski definition) is 12. The molecule has 3 heterocycles. The van der Waals surface area contributed by atoms with Crippen molar-refractivity contribution in [2.24, 2.45) is 0 Å². The fraction of sp³-hybridized carbons (Fsp3) is 0.915. The lowest BCUT2D eigenvalue weighted by atomic mass is 9.96. The average molecular weight is 1440 g/mol. The highest BCUT2D eigenvalue weighted by Crippen LogP contribution is 2.33. The van der Waals surface area contributed by atoms with Crippen LogP contribution in [0.2, 0.25) is 0 Å². The highest BCUT2D eigenvalue weighted by Gasteiger charge is 2.54. The van der Waals surface area contributed by atoms with Gasteiger partial charge in [-0.15, -0.1) is 0 Å². The van der Waals surface area contributed by atoms with Crippen molar-refractivity contribution in [1.82, 2.24) is 5.32 Å². The number of nitrogens with one attached hydrogen (secondary N) is 1. The van der Waals surface area contributed by atoms with E-state index in [4.69, 9.17) is 28.4 Å². The second-order valence-corrected chi connectivity index (χ2v) is 29.9. The number of aliphatic hydroxyl groups excluding tert-OH is 11. The first kappa shape index (κ1) is 93.2. The number of ether oxygens (including phenoxy) is 6. The Morgan fingerprint density at radius 3 is 0.990 bits per heavy atom. The third-order valence-electron chi connectivity index (χ3n) is 20.9. The summed E-state index contributed by atoms with van der Waals surface area (Å²) < 4.78 is 34.4. The van der Waals surface area contributed by atoms with Crippen LogP contribution in [0.4, 0.5) is 0 Å². The maximum atomic E-state index is 13.5. The van der Waals surface area contributed by atoms with Crippen LogP contribution in [0.3, 0.4) is 0 Å². The SMILES string of the molecule is CCCCCCCCCCCCCCC/C=C/CC/C=C/CC/C=C/C(O)C(COC1OC(CO)C(OC2OC(CO)C(OC3OC(CO)C(O)C(O)C3O)C(O)C2O)C(O)C1O)NC(=O)CCCCCCCCCCCCCCCCCCCCCCCCCCCCCCCCCCC. The minimum absolute atomic E-state index is 0.236. The van der Waals surface area contributed by atoms with Crippen molar-refractivity contribution in [3.63, 3.8) is 0 Å². The van der Waals surface area contributed by atoms with Gasteiger partial charge in [-0.25, -0.2) is 0 Å². The van der Waals surface area contributed by atoms with Crippen LogP contribution < -0.4 is 5.32 Å². The molecule has 12 N–H and O–H groups in total. The monoisotopic (exact) mass is 1440 g/mol. The average Bonchev–Trinajstić information content (AvgIpc) is 0.797. The van der Waals surface area contributed by atoms with Gasteiger partial charge in [-0.1, -0.05) is 333 Å². The standard InChI is InChI=1S/C82H153NO18/c1-3-5-7-9-11-13-15-17-19-21-23-25-27-28-29-30-31-32-33-34-35-36-38-40-42-44-46-48-50-52-54-56-58-60-70(88)83-65(66(87)59-57-55-53-51-49-47-45-43-41-39-37-26-24-22-20-18-16-14-12-10-8-6-4-2)64-96-80-76(94)73(91)78(68(62-85)98-80)101-82-77(95)74(92)79(69(63-86)99-82)100-81-75(93)72(90)71(89)67(61-84)97-81/h41,43,49,51,57,59,65-69,71-82,84-87,89-95H,3-40,42,44-48,50,52-56,58,60-64H2,1-2H3,(H,83,88)/b43-41+,51-49+,59-57+. The molecule has 1 amide bonds. The van der Waals surface area contributed by atoms with Gasteiger partial charge in [-0.2, -0.15) is 0 Å². The molecule has 19 nitrogen and oxygen atoms in total. The van der Waals surface area contributed by atoms with Gasteiger partial charge in [0, 0.05) is 6.42 Å². The van der Waals surface area contributed by atoms with Crippen LogP contribution in [0.25, 0.3) is 0 Å². The van der Waals surface area contributed by atoms with E-state index in [0.29, 0.717) is 12.8 Å². The molecule has 101 heavy (non-hydrogen) atoms. The number of allylic oxidation sites excluding steroid dienone is 5. The van der Waals surface area contributed by atoms with Gasteiger partial charge < -0.3 is 89.9 Å². The quantitative estimate of drug-likeness (QED) is 0.0199.